The van der Waals surface area contributed by atoms with Crippen LogP contribution in [0, 0.1) is 0 Å². The van der Waals surface area contributed by atoms with E-state index in [-0.39, 0.29) is 0 Å². The third kappa shape index (κ3) is 2.75. The number of halogens is 3. The van der Waals surface area contributed by atoms with E-state index in [0.717, 1.165) is 29.6 Å². The van der Waals surface area contributed by atoms with Gasteiger partial charge >= 0.3 is 0 Å². The molecule has 2 heterocycles. The Morgan fingerprint density at radius 3 is 2.62 bits per heavy atom. The number of alkyl halides is 1. The quantitative estimate of drug-likeness (QED) is 0.570. The fourth-order valence-corrected chi connectivity index (χ4v) is 4.44. The number of rotatable bonds is 3. The Bertz CT molecular complexity index is 475. The minimum atomic E-state index is 0.311. The predicted octanol–water partition coefficient (Wildman–Crippen LogP) is 5.64. The Balaban J connectivity index is 2.31. The molecule has 0 spiro atoms. The topological polar surface area (TPSA) is 25.8 Å². The van der Waals surface area contributed by atoms with Crippen molar-refractivity contribution in [1.82, 2.24) is 10.2 Å². The monoisotopic (exact) mass is 444 g/mol. The molecule has 0 fully saturated rings. The molecule has 2 nitrogen and oxygen atoms in total. The van der Waals surface area contributed by atoms with Crippen LogP contribution in [0.4, 0.5) is 0 Å². The summed E-state index contributed by atoms with van der Waals surface area (Å²) in [6.45, 7) is 2.12. The van der Waals surface area contributed by atoms with Crippen molar-refractivity contribution in [2.75, 3.05) is 0 Å². The van der Waals surface area contributed by atoms with Gasteiger partial charge in [0.1, 0.15) is 5.01 Å². The third-order valence-corrected chi connectivity index (χ3v) is 7.77. The van der Waals surface area contributed by atoms with Crippen LogP contribution in [-0.2, 0) is 0 Å². The Kier molecular flexibility index (Phi) is 4.57. The summed E-state index contributed by atoms with van der Waals surface area (Å²) in [5.74, 6) is 0. The molecule has 0 aromatic carbocycles. The number of aromatic nitrogens is 2. The van der Waals surface area contributed by atoms with Crippen LogP contribution in [0.15, 0.2) is 14.3 Å². The molecule has 0 aliphatic heterocycles. The molecule has 1 atom stereocenters. The van der Waals surface area contributed by atoms with Gasteiger partial charge in [0.2, 0.25) is 0 Å². The summed E-state index contributed by atoms with van der Waals surface area (Å²) in [4.78, 5) is 1.45. The highest BCUT2D eigenvalue weighted by atomic mass is 79.9. The Morgan fingerprint density at radius 2 is 2.06 bits per heavy atom. The third-order valence-electron chi connectivity index (χ3n) is 1.92. The summed E-state index contributed by atoms with van der Waals surface area (Å²) in [6, 6.07) is 2.06. The van der Waals surface area contributed by atoms with Gasteiger partial charge in [-0.3, -0.25) is 0 Å². The Morgan fingerprint density at radius 1 is 1.31 bits per heavy atom. The second-order valence-corrected chi connectivity index (χ2v) is 8.39. The van der Waals surface area contributed by atoms with Crippen molar-refractivity contribution in [3.05, 3.63) is 19.3 Å². The molecule has 7 heteroatoms. The van der Waals surface area contributed by atoms with Crippen LogP contribution in [-0.4, -0.2) is 10.2 Å². The van der Waals surface area contributed by atoms with Gasteiger partial charge in [-0.15, -0.1) is 21.5 Å². The zero-order valence-corrected chi connectivity index (χ0v) is 14.6. The molecule has 0 amide bonds. The summed E-state index contributed by atoms with van der Waals surface area (Å²) in [7, 11) is 0. The Hall–Kier alpha value is 0.700. The summed E-state index contributed by atoms with van der Waals surface area (Å²) in [6.07, 6.45) is 1.02. The minimum absolute atomic E-state index is 0.311. The largest absolute Gasteiger partial charge is 0.157 e. The van der Waals surface area contributed by atoms with Crippen molar-refractivity contribution in [3.63, 3.8) is 0 Å². The summed E-state index contributed by atoms with van der Waals surface area (Å²) >= 11 is 13.8. The molecule has 0 aliphatic carbocycles. The van der Waals surface area contributed by atoms with E-state index in [1.165, 1.54) is 0 Å². The smallest absolute Gasteiger partial charge is 0.142 e. The van der Waals surface area contributed by atoms with E-state index in [0.29, 0.717) is 4.83 Å². The van der Waals surface area contributed by atoms with Crippen LogP contribution in [0.5, 0.6) is 0 Å². The number of nitrogens with zero attached hydrogens (tertiary/aromatic N) is 2. The summed E-state index contributed by atoms with van der Waals surface area (Å²) < 4.78 is 2.15. The van der Waals surface area contributed by atoms with Crippen LogP contribution in [0.2, 0.25) is 0 Å². The molecule has 0 saturated carbocycles. The van der Waals surface area contributed by atoms with E-state index in [2.05, 4.69) is 71.0 Å². The molecule has 0 aliphatic rings. The lowest BCUT2D eigenvalue weighted by Gasteiger charge is -1.97. The first-order chi connectivity index (χ1) is 7.61. The van der Waals surface area contributed by atoms with Crippen molar-refractivity contribution in [1.29, 1.82) is 0 Å². The van der Waals surface area contributed by atoms with E-state index in [1.807, 2.05) is 0 Å². The SMILES string of the molecule is CCC(Br)c1nnc(-c2cc(Br)c(Br)s2)s1. The second kappa shape index (κ2) is 5.56. The molecule has 2 aromatic rings. The van der Waals surface area contributed by atoms with Gasteiger partial charge in [0, 0.05) is 4.47 Å². The van der Waals surface area contributed by atoms with Crippen LogP contribution < -0.4 is 0 Å². The first-order valence-electron chi connectivity index (χ1n) is 4.54. The molecule has 0 saturated heterocycles. The lowest BCUT2D eigenvalue weighted by molar-refractivity contribution is 0.870. The van der Waals surface area contributed by atoms with Crippen molar-refractivity contribution in [3.8, 4) is 9.88 Å². The molecule has 16 heavy (non-hydrogen) atoms. The molecule has 2 rings (SSSR count). The van der Waals surface area contributed by atoms with Gasteiger partial charge in [-0.25, -0.2) is 0 Å². The van der Waals surface area contributed by atoms with Gasteiger partial charge in [0.15, 0.2) is 5.01 Å². The zero-order valence-electron chi connectivity index (χ0n) is 8.21. The molecule has 1 unspecified atom stereocenters. The van der Waals surface area contributed by atoms with Crippen molar-refractivity contribution < 1.29 is 0 Å². The Labute approximate surface area is 127 Å². The molecule has 86 valence electrons. The van der Waals surface area contributed by atoms with E-state index < -0.39 is 0 Å². The van der Waals surface area contributed by atoms with Gasteiger partial charge in [-0.2, -0.15) is 0 Å². The number of hydrogen-bond donors (Lipinski definition) is 0. The van der Waals surface area contributed by atoms with E-state index in [1.54, 1.807) is 22.7 Å². The second-order valence-electron chi connectivity index (χ2n) is 3.05. The molecule has 0 radical (unpaired) electrons. The summed E-state index contributed by atoms with van der Waals surface area (Å²) in [5, 5.41) is 10.4. The number of hydrogen-bond acceptors (Lipinski definition) is 4. The maximum Gasteiger partial charge on any atom is 0.157 e. The lowest BCUT2D eigenvalue weighted by Crippen LogP contribution is -1.84. The standard InChI is InChI=1S/C9H7Br3N2S2/c1-2-4(10)8-13-14-9(16-8)6-3-5(11)7(12)15-6/h3-4H,2H2,1H3. The maximum absolute atomic E-state index is 4.22. The van der Waals surface area contributed by atoms with Gasteiger partial charge in [-0.05, 0) is 44.3 Å². The van der Waals surface area contributed by atoms with Gasteiger partial charge in [0.05, 0.1) is 13.5 Å². The lowest BCUT2D eigenvalue weighted by atomic mass is 10.4. The zero-order chi connectivity index (χ0) is 11.7. The van der Waals surface area contributed by atoms with E-state index in [9.17, 15) is 0 Å². The molecule has 0 N–H and O–H groups in total. The van der Waals surface area contributed by atoms with Crippen molar-refractivity contribution in [2.45, 2.75) is 18.2 Å². The molecular formula is C9H7Br3N2S2. The predicted molar refractivity (Wildman–Crippen MR) is 80.6 cm³/mol. The van der Waals surface area contributed by atoms with E-state index in [4.69, 9.17) is 0 Å². The molecule has 2 aromatic heterocycles. The summed E-state index contributed by atoms with van der Waals surface area (Å²) in [5.41, 5.74) is 0. The van der Waals surface area contributed by atoms with Crippen LogP contribution >= 0.6 is 70.5 Å². The average molecular weight is 447 g/mol. The highest BCUT2D eigenvalue weighted by Crippen LogP contribution is 2.40. The van der Waals surface area contributed by atoms with Gasteiger partial charge in [0.25, 0.3) is 0 Å². The maximum atomic E-state index is 4.22. The van der Waals surface area contributed by atoms with E-state index >= 15 is 0 Å². The van der Waals surface area contributed by atoms with Crippen LogP contribution in [0.25, 0.3) is 9.88 Å². The highest BCUT2D eigenvalue weighted by Gasteiger charge is 2.15. The first kappa shape index (κ1) is 13.1. The van der Waals surface area contributed by atoms with Gasteiger partial charge < -0.3 is 0 Å². The van der Waals surface area contributed by atoms with Crippen LogP contribution in [0.1, 0.15) is 23.2 Å². The average Bonchev–Trinajstić information content (AvgIpc) is 2.86. The molecular weight excluding hydrogens is 440 g/mol. The van der Waals surface area contributed by atoms with Gasteiger partial charge in [-0.1, -0.05) is 34.2 Å². The fraction of sp³-hybridized carbons (Fsp3) is 0.333. The van der Waals surface area contributed by atoms with Crippen molar-refractivity contribution >= 4 is 70.5 Å². The minimum Gasteiger partial charge on any atom is -0.142 e. The first-order valence-corrected chi connectivity index (χ1v) is 8.68. The normalized spacial score (nSPS) is 13.0. The highest BCUT2D eigenvalue weighted by molar-refractivity contribution is 9.13. The molecule has 0 bridgehead atoms. The number of thiophene rings is 1. The van der Waals surface area contributed by atoms with Crippen LogP contribution in [0.3, 0.4) is 0 Å². The van der Waals surface area contributed by atoms with Crippen molar-refractivity contribution in [2.24, 2.45) is 0 Å². The fourth-order valence-electron chi connectivity index (χ4n) is 1.09.